The maximum atomic E-state index is 11.5. The summed E-state index contributed by atoms with van der Waals surface area (Å²) in [7, 11) is 2.17. The maximum absolute atomic E-state index is 11.5. The molecule has 1 aromatic carbocycles. The van der Waals surface area contributed by atoms with Crippen LogP contribution < -0.4 is 4.74 Å². The Balaban J connectivity index is 2.01. The van der Waals surface area contributed by atoms with E-state index in [1.165, 1.54) is 19.3 Å². The lowest BCUT2D eigenvalue weighted by Gasteiger charge is -2.32. The first kappa shape index (κ1) is 15.0. The van der Waals surface area contributed by atoms with Crippen LogP contribution in [0.25, 0.3) is 0 Å². The number of carbonyl (C=O) groups is 1. The van der Waals surface area contributed by atoms with Gasteiger partial charge in [-0.3, -0.25) is 4.79 Å². The molecule has 0 N–H and O–H groups in total. The van der Waals surface area contributed by atoms with Gasteiger partial charge in [-0.2, -0.15) is 0 Å². The molecule has 0 bridgehead atoms. The molecule has 1 heterocycles. The van der Waals surface area contributed by atoms with Gasteiger partial charge >= 0.3 is 0 Å². The van der Waals surface area contributed by atoms with Gasteiger partial charge in [-0.05, 0) is 63.5 Å². The molecule has 0 saturated carbocycles. The van der Waals surface area contributed by atoms with Crippen LogP contribution in [0.4, 0.5) is 0 Å². The fourth-order valence-corrected chi connectivity index (χ4v) is 2.84. The van der Waals surface area contributed by atoms with Crippen molar-refractivity contribution in [2.45, 2.75) is 45.6 Å². The molecule has 0 spiro atoms. The topological polar surface area (TPSA) is 29.5 Å². The molecule has 1 aliphatic heterocycles. The minimum absolute atomic E-state index is 0.125. The van der Waals surface area contributed by atoms with Gasteiger partial charge in [0.15, 0.2) is 5.78 Å². The molecule has 0 aromatic heterocycles. The summed E-state index contributed by atoms with van der Waals surface area (Å²) < 4.78 is 5.94. The number of aryl methyl sites for hydroxylation is 1. The Hall–Kier alpha value is -1.35. The maximum Gasteiger partial charge on any atom is 0.160 e. The molecular weight excluding hydrogens is 250 g/mol. The molecular formula is C17H25NO2. The van der Waals surface area contributed by atoms with Crippen molar-refractivity contribution in [1.82, 2.24) is 4.90 Å². The summed E-state index contributed by atoms with van der Waals surface area (Å²) >= 11 is 0. The number of hydrogen-bond donors (Lipinski definition) is 0. The van der Waals surface area contributed by atoms with Crippen molar-refractivity contribution >= 4 is 5.78 Å². The Morgan fingerprint density at radius 2 is 2.20 bits per heavy atom. The van der Waals surface area contributed by atoms with Crippen LogP contribution in [0.3, 0.4) is 0 Å². The van der Waals surface area contributed by atoms with Crippen LogP contribution in [0, 0.1) is 0 Å². The van der Waals surface area contributed by atoms with Gasteiger partial charge in [0.25, 0.3) is 0 Å². The van der Waals surface area contributed by atoms with Crippen molar-refractivity contribution in [3.8, 4) is 5.75 Å². The summed E-state index contributed by atoms with van der Waals surface area (Å²) in [5, 5.41) is 0. The van der Waals surface area contributed by atoms with Crippen LogP contribution in [0.5, 0.6) is 5.75 Å². The van der Waals surface area contributed by atoms with Crippen LogP contribution >= 0.6 is 0 Å². The second-order valence-corrected chi connectivity index (χ2v) is 5.67. The highest BCUT2D eigenvalue weighted by Gasteiger charge is 2.19. The van der Waals surface area contributed by atoms with E-state index in [1.807, 2.05) is 18.2 Å². The molecule has 110 valence electrons. The number of hydrogen-bond acceptors (Lipinski definition) is 3. The van der Waals surface area contributed by atoms with Crippen molar-refractivity contribution in [2.75, 3.05) is 20.2 Å². The van der Waals surface area contributed by atoms with Crippen LogP contribution in [-0.2, 0) is 6.42 Å². The zero-order chi connectivity index (χ0) is 14.5. The third-order valence-corrected chi connectivity index (χ3v) is 4.20. The van der Waals surface area contributed by atoms with Crippen molar-refractivity contribution in [2.24, 2.45) is 0 Å². The average molecular weight is 275 g/mol. The number of likely N-dealkylation sites (N-methyl/N-ethyl adjacent to an activating group) is 1. The fraction of sp³-hybridized carbons (Fsp3) is 0.588. The second kappa shape index (κ2) is 6.89. The molecule has 3 nitrogen and oxygen atoms in total. The SMILES string of the molecule is CCc1cc(OCC2CCCCN2C)ccc1C(C)=O. The zero-order valence-corrected chi connectivity index (χ0v) is 12.8. The molecule has 2 rings (SSSR count). The van der Waals surface area contributed by atoms with Gasteiger partial charge in [0, 0.05) is 11.6 Å². The Kier molecular flexibility index (Phi) is 5.18. The van der Waals surface area contributed by atoms with E-state index in [1.54, 1.807) is 6.92 Å². The van der Waals surface area contributed by atoms with Gasteiger partial charge < -0.3 is 9.64 Å². The van der Waals surface area contributed by atoms with E-state index in [9.17, 15) is 4.79 Å². The Labute approximate surface area is 121 Å². The van der Waals surface area contributed by atoms with E-state index >= 15 is 0 Å². The van der Waals surface area contributed by atoms with E-state index in [2.05, 4.69) is 18.9 Å². The normalized spacial score (nSPS) is 19.9. The van der Waals surface area contributed by atoms with E-state index in [0.717, 1.165) is 36.4 Å². The molecule has 1 saturated heterocycles. The molecule has 1 fully saturated rings. The lowest BCUT2D eigenvalue weighted by molar-refractivity contribution is 0.101. The van der Waals surface area contributed by atoms with Gasteiger partial charge in [0.2, 0.25) is 0 Å². The summed E-state index contributed by atoms with van der Waals surface area (Å²) in [4.78, 5) is 13.9. The Morgan fingerprint density at radius 3 is 2.85 bits per heavy atom. The van der Waals surface area contributed by atoms with Gasteiger partial charge in [-0.1, -0.05) is 13.3 Å². The van der Waals surface area contributed by atoms with Crippen LogP contribution in [-0.4, -0.2) is 36.9 Å². The highest BCUT2D eigenvalue weighted by atomic mass is 16.5. The highest BCUT2D eigenvalue weighted by Crippen LogP contribution is 2.21. The average Bonchev–Trinajstić information content (AvgIpc) is 2.46. The number of ketones is 1. The summed E-state index contributed by atoms with van der Waals surface area (Å²) in [6.45, 7) is 5.59. The number of benzene rings is 1. The minimum Gasteiger partial charge on any atom is -0.492 e. The molecule has 0 amide bonds. The number of likely N-dealkylation sites (tertiary alicyclic amines) is 1. The monoisotopic (exact) mass is 275 g/mol. The third kappa shape index (κ3) is 3.60. The Morgan fingerprint density at radius 1 is 1.40 bits per heavy atom. The van der Waals surface area contributed by atoms with Gasteiger partial charge in [0.05, 0.1) is 0 Å². The van der Waals surface area contributed by atoms with Crippen molar-refractivity contribution in [3.63, 3.8) is 0 Å². The molecule has 1 atom stereocenters. The molecule has 1 aromatic rings. The molecule has 0 aliphatic carbocycles. The number of nitrogens with zero attached hydrogens (tertiary/aromatic N) is 1. The lowest BCUT2D eigenvalue weighted by Crippen LogP contribution is -2.40. The van der Waals surface area contributed by atoms with Crippen LogP contribution in [0.2, 0.25) is 0 Å². The minimum atomic E-state index is 0.125. The number of piperidine rings is 1. The molecule has 3 heteroatoms. The van der Waals surface area contributed by atoms with Gasteiger partial charge in [0.1, 0.15) is 12.4 Å². The smallest absolute Gasteiger partial charge is 0.160 e. The summed E-state index contributed by atoms with van der Waals surface area (Å²) in [5.74, 6) is 1.01. The van der Waals surface area contributed by atoms with Gasteiger partial charge in [-0.25, -0.2) is 0 Å². The predicted octanol–water partition coefficient (Wildman–Crippen LogP) is 3.31. The largest absolute Gasteiger partial charge is 0.492 e. The summed E-state index contributed by atoms with van der Waals surface area (Å²) in [5.41, 5.74) is 1.89. The molecule has 1 unspecified atom stereocenters. The lowest BCUT2D eigenvalue weighted by atomic mass is 10.0. The first-order chi connectivity index (χ1) is 9.61. The summed E-state index contributed by atoms with van der Waals surface area (Å²) in [6, 6.07) is 6.33. The third-order valence-electron chi connectivity index (χ3n) is 4.20. The van der Waals surface area contributed by atoms with Crippen molar-refractivity contribution in [3.05, 3.63) is 29.3 Å². The van der Waals surface area contributed by atoms with E-state index < -0.39 is 0 Å². The number of carbonyl (C=O) groups excluding carboxylic acids is 1. The van der Waals surface area contributed by atoms with E-state index in [-0.39, 0.29) is 5.78 Å². The molecule has 0 radical (unpaired) electrons. The highest BCUT2D eigenvalue weighted by molar-refractivity contribution is 5.95. The Bertz CT molecular complexity index is 470. The first-order valence-electron chi connectivity index (χ1n) is 7.58. The number of Topliss-reactive ketones (excluding diaryl/α,β-unsaturated/α-hetero) is 1. The number of rotatable bonds is 5. The predicted molar refractivity (Wildman–Crippen MR) is 81.6 cm³/mol. The van der Waals surface area contributed by atoms with E-state index in [0.29, 0.717) is 6.04 Å². The van der Waals surface area contributed by atoms with E-state index in [4.69, 9.17) is 4.74 Å². The van der Waals surface area contributed by atoms with Gasteiger partial charge in [-0.15, -0.1) is 0 Å². The van der Waals surface area contributed by atoms with Crippen molar-refractivity contribution in [1.29, 1.82) is 0 Å². The van der Waals surface area contributed by atoms with Crippen LogP contribution in [0.1, 0.15) is 49.0 Å². The van der Waals surface area contributed by atoms with Crippen LogP contribution in [0.15, 0.2) is 18.2 Å². The first-order valence-corrected chi connectivity index (χ1v) is 7.58. The quantitative estimate of drug-likeness (QED) is 0.772. The molecule has 1 aliphatic rings. The summed E-state index contributed by atoms with van der Waals surface area (Å²) in [6.07, 6.45) is 4.65. The molecule has 20 heavy (non-hydrogen) atoms. The second-order valence-electron chi connectivity index (χ2n) is 5.67. The number of ether oxygens (including phenoxy) is 1. The fourth-order valence-electron chi connectivity index (χ4n) is 2.84. The zero-order valence-electron chi connectivity index (χ0n) is 12.8. The van der Waals surface area contributed by atoms with Crippen molar-refractivity contribution < 1.29 is 9.53 Å². The standard InChI is InChI=1S/C17H25NO2/c1-4-14-11-16(8-9-17(14)13(2)19)20-12-15-7-5-6-10-18(15)3/h8-9,11,15H,4-7,10,12H2,1-3H3.